The number of rotatable bonds is 5. The summed E-state index contributed by atoms with van der Waals surface area (Å²) in [7, 11) is 0. The Morgan fingerprint density at radius 3 is 2.52 bits per heavy atom. The summed E-state index contributed by atoms with van der Waals surface area (Å²) in [4.78, 5) is 25.9. The number of fused-ring (bicyclic) bond motifs is 2. The number of anilines is 1. The van der Waals surface area contributed by atoms with Crippen molar-refractivity contribution in [3.63, 3.8) is 0 Å². The number of carbonyl (C=O) groups excluding carboxylic acids is 2. The van der Waals surface area contributed by atoms with E-state index in [9.17, 15) is 9.59 Å². The Morgan fingerprint density at radius 1 is 1.07 bits per heavy atom. The van der Waals surface area contributed by atoms with Crippen molar-refractivity contribution in [3.8, 4) is 0 Å². The third kappa shape index (κ3) is 4.17. The molecule has 0 radical (unpaired) electrons. The first kappa shape index (κ1) is 18.1. The fraction of sp³-hybridized carbons (Fsp3) is 0.333. The second-order valence-electron chi connectivity index (χ2n) is 7.17. The maximum atomic E-state index is 12.5. The molecule has 2 aromatic carbocycles. The summed E-state index contributed by atoms with van der Waals surface area (Å²) < 4.78 is 0. The molecule has 0 aromatic heterocycles. The van der Waals surface area contributed by atoms with Crippen molar-refractivity contribution < 1.29 is 9.59 Å². The molecular weight excluding hydrogens is 358 g/mol. The monoisotopic (exact) mass is 381 g/mol. The van der Waals surface area contributed by atoms with Crippen LogP contribution < -0.4 is 16.0 Å². The summed E-state index contributed by atoms with van der Waals surface area (Å²) in [6, 6.07) is 16.6. The van der Waals surface area contributed by atoms with Crippen LogP contribution in [0.5, 0.6) is 0 Å². The highest BCUT2D eigenvalue weighted by molar-refractivity contribution is 7.99. The second-order valence-corrected chi connectivity index (χ2v) is 8.28. The molecule has 4 rings (SSSR count). The zero-order valence-corrected chi connectivity index (χ0v) is 16.0. The highest BCUT2D eigenvalue weighted by Crippen LogP contribution is 2.33. The Kier molecular flexibility index (Phi) is 5.18. The molecule has 0 spiro atoms. The van der Waals surface area contributed by atoms with Crippen molar-refractivity contribution >= 4 is 29.3 Å². The first-order valence-corrected chi connectivity index (χ1v) is 10.1. The van der Waals surface area contributed by atoms with Crippen molar-refractivity contribution in [1.29, 1.82) is 0 Å². The van der Waals surface area contributed by atoms with Gasteiger partial charge in [-0.15, -0.1) is 0 Å². The third-order valence-electron chi connectivity index (χ3n) is 5.16. The molecule has 2 saturated heterocycles. The van der Waals surface area contributed by atoms with E-state index in [1.54, 1.807) is 11.8 Å². The number of para-hydroxylation sites is 1. The van der Waals surface area contributed by atoms with Crippen LogP contribution in [0, 0.1) is 0 Å². The molecule has 2 bridgehead atoms. The SMILES string of the molecule is CC(=O)Nc1ccccc1Sc1ccc(C(=O)N[C@@H]2C[C@H]3CC[C@@H]2N3)cc1. The Labute approximate surface area is 163 Å². The topological polar surface area (TPSA) is 70.2 Å². The quantitative estimate of drug-likeness (QED) is 0.742. The lowest BCUT2D eigenvalue weighted by atomic mass is 9.95. The molecule has 2 amide bonds. The molecule has 6 heteroatoms. The summed E-state index contributed by atoms with van der Waals surface area (Å²) in [5.74, 6) is -0.102. The molecule has 2 fully saturated rings. The minimum Gasteiger partial charge on any atom is -0.348 e. The predicted molar refractivity (Wildman–Crippen MR) is 107 cm³/mol. The zero-order chi connectivity index (χ0) is 18.8. The largest absolute Gasteiger partial charge is 0.348 e. The van der Waals surface area contributed by atoms with Crippen LogP contribution in [0.25, 0.3) is 0 Å². The van der Waals surface area contributed by atoms with Crippen LogP contribution in [-0.2, 0) is 4.79 Å². The smallest absolute Gasteiger partial charge is 0.251 e. The van der Waals surface area contributed by atoms with Gasteiger partial charge in [0.1, 0.15) is 0 Å². The number of benzene rings is 2. The van der Waals surface area contributed by atoms with Gasteiger partial charge in [-0.1, -0.05) is 23.9 Å². The van der Waals surface area contributed by atoms with Gasteiger partial charge in [-0.25, -0.2) is 0 Å². The molecule has 140 valence electrons. The van der Waals surface area contributed by atoms with Crippen LogP contribution in [0.1, 0.15) is 36.5 Å². The van der Waals surface area contributed by atoms with Gasteiger partial charge in [0.05, 0.1) is 5.69 Å². The number of hydrogen-bond acceptors (Lipinski definition) is 4. The van der Waals surface area contributed by atoms with E-state index in [2.05, 4.69) is 16.0 Å². The third-order valence-corrected chi connectivity index (χ3v) is 6.24. The van der Waals surface area contributed by atoms with E-state index in [0.717, 1.165) is 28.3 Å². The number of hydrogen-bond donors (Lipinski definition) is 3. The van der Waals surface area contributed by atoms with Crippen LogP contribution in [-0.4, -0.2) is 29.9 Å². The Morgan fingerprint density at radius 2 is 1.85 bits per heavy atom. The van der Waals surface area contributed by atoms with E-state index in [-0.39, 0.29) is 17.9 Å². The lowest BCUT2D eigenvalue weighted by molar-refractivity contribution is -0.114. The molecule has 0 unspecified atom stereocenters. The first-order chi connectivity index (χ1) is 13.1. The highest BCUT2D eigenvalue weighted by atomic mass is 32.2. The normalized spacial score (nSPS) is 23.2. The fourth-order valence-corrected chi connectivity index (χ4v) is 4.79. The standard InChI is InChI=1S/C21H23N3O2S/c1-13(25)22-18-4-2-3-5-20(18)27-16-9-6-14(7-10-16)21(26)24-19-12-15-8-11-17(19)23-15/h2-7,9-10,15,17,19,23H,8,11-12H2,1H3,(H,22,25)(H,24,26)/t15-,17+,19-/m1/s1. The van der Waals surface area contributed by atoms with Crippen molar-refractivity contribution in [2.45, 2.75) is 54.1 Å². The van der Waals surface area contributed by atoms with E-state index in [1.165, 1.54) is 13.3 Å². The van der Waals surface area contributed by atoms with Crippen molar-refractivity contribution in [1.82, 2.24) is 10.6 Å². The lowest BCUT2D eigenvalue weighted by Crippen LogP contribution is -2.42. The van der Waals surface area contributed by atoms with Gasteiger partial charge in [0.25, 0.3) is 5.91 Å². The summed E-state index contributed by atoms with van der Waals surface area (Å²) in [6.45, 7) is 1.50. The Balaban J connectivity index is 1.40. The van der Waals surface area contributed by atoms with Gasteiger partial charge >= 0.3 is 0 Å². The van der Waals surface area contributed by atoms with Gasteiger partial charge in [0, 0.05) is 40.4 Å². The van der Waals surface area contributed by atoms with Gasteiger partial charge in [-0.05, 0) is 55.7 Å². The van der Waals surface area contributed by atoms with Crippen LogP contribution in [0.3, 0.4) is 0 Å². The summed E-state index contributed by atoms with van der Waals surface area (Å²) in [5, 5.41) is 9.56. The molecule has 0 saturated carbocycles. The molecule has 27 heavy (non-hydrogen) atoms. The van der Waals surface area contributed by atoms with E-state index in [0.29, 0.717) is 17.6 Å². The van der Waals surface area contributed by atoms with Gasteiger partial charge < -0.3 is 16.0 Å². The van der Waals surface area contributed by atoms with E-state index in [1.807, 2.05) is 48.5 Å². The van der Waals surface area contributed by atoms with E-state index in [4.69, 9.17) is 0 Å². The molecule has 3 N–H and O–H groups in total. The molecule has 2 aliphatic heterocycles. The van der Waals surface area contributed by atoms with Gasteiger partial charge in [0.15, 0.2) is 0 Å². The molecule has 3 atom stereocenters. The highest BCUT2D eigenvalue weighted by Gasteiger charge is 2.39. The molecule has 0 aliphatic carbocycles. The number of amides is 2. The van der Waals surface area contributed by atoms with Crippen LogP contribution >= 0.6 is 11.8 Å². The Bertz CT molecular complexity index is 853. The number of nitrogens with one attached hydrogen (secondary N) is 3. The average Bonchev–Trinajstić information content (AvgIpc) is 3.26. The molecular formula is C21H23N3O2S. The number of carbonyl (C=O) groups is 2. The Hall–Kier alpha value is -2.31. The predicted octanol–water partition coefficient (Wildman–Crippen LogP) is 3.42. The second kappa shape index (κ2) is 7.74. The van der Waals surface area contributed by atoms with Crippen molar-refractivity contribution in [3.05, 3.63) is 54.1 Å². The average molecular weight is 382 g/mol. The molecule has 2 aromatic rings. The maximum Gasteiger partial charge on any atom is 0.251 e. The molecule has 5 nitrogen and oxygen atoms in total. The van der Waals surface area contributed by atoms with Crippen molar-refractivity contribution in [2.24, 2.45) is 0 Å². The van der Waals surface area contributed by atoms with E-state index < -0.39 is 0 Å². The van der Waals surface area contributed by atoms with Gasteiger partial charge in [-0.2, -0.15) is 0 Å². The summed E-state index contributed by atoms with van der Waals surface area (Å²) in [6.07, 6.45) is 3.41. The zero-order valence-electron chi connectivity index (χ0n) is 15.2. The fourth-order valence-electron chi connectivity index (χ4n) is 3.89. The van der Waals surface area contributed by atoms with Crippen LogP contribution in [0.4, 0.5) is 5.69 Å². The summed E-state index contributed by atoms with van der Waals surface area (Å²) >= 11 is 1.56. The van der Waals surface area contributed by atoms with Crippen LogP contribution in [0.15, 0.2) is 58.3 Å². The first-order valence-electron chi connectivity index (χ1n) is 9.30. The van der Waals surface area contributed by atoms with Gasteiger partial charge in [-0.3, -0.25) is 9.59 Å². The molecule has 2 aliphatic rings. The lowest BCUT2D eigenvalue weighted by Gasteiger charge is -2.21. The molecule has 2 heterocycles. The van der Waals surface area contributed by atoms with Crippen molar-refractivity contribution in [2.75, 3.05) is 5.32 Å². The maximum absolute atomic E-state index is 12.5. The summed E-state index contributed by atoms with van der Waals surface area (Å²) in [5.41, 5.74) is 1.47. The van der Waals surface area contributed by atoms with Gasteiger partial charge in [0.2, 0.25) is 5.91 Å². The minimum atomic E-state index is -0.0924. The van der Waals surface area contributed by atoms with E-state index >= 15 is 0 Å². The van der Waals surface area contributed by atoms with Crippen LogP contribution in [0.2, 0.25) is 0 Å². The minimum absolute atomic E-state index is 0.00968.